The predicted octanol–water partition coefficient (Wildman–Crippen LogP) is 3.11. The third-order valence-electron chi connectivity index (χ3n) is 4.34. The summed E-state index contributed by atoms with van der Waals surface area (Å²) in [5.41, 5.74) is 0.0508. The first-order valence-electron chi connectivity index (χ1n) is 9.40. The molecule has 0 aliphatic carbocycles. The minimum absolute atomic E-state index is 0.212. The number of halogens is 1. The summed E-state index contributed by atoms with van der Waals surface area (Å²) in [5.74, 6) is -0.964. The molecule has 0 saturated carbocycles. The number of hydrogen-bond donors (Lipinski definition) is 1. The van der Waals surface area contributed by atoms with Crippen molar-refractivity contribution in [1.29, 1.82) is 0 Å². The molecule has 30 heavy (non-hydrogen) atoms. The Morgan fingerprint density at radius 2 is 1.83 bits per heavy atom. The van der Waals surface area contributed by atoms with Gasteiger partial charge < -0.3 is 19.4 Å². The number of esters is 1. The maximum absolute atomic E-state index is 13.0. The van der Waals surface area contributed by atoms with Gasteiger partial charge in [0.25, 0.3) is 5.56 Å². The van der Waals surface area contributed by atoms with E-state index in [1.165, 1.54) is 35.0 Å². The molecule has 0 aliphatic rings. The summed E-state index contributed by atoms with van der Waals surface area (Å²) in [5, 5.41) is 3.48. The highest BCUT2D eigenvalue weighted by atomic mass is 19.1. The number of anilines is 1. The summed E-state index contributed by atoms with van der Waals surface area (Å²) in [4.78, 5) is 36.9. The van der Waals surface area contributed by atoms with Crippen LogP contribution in [0.3, 0.4) is 0 Å². The van der Waals surface area contributed by atoms with Crippen LogP contribution in [0.25, 0.3) is 10.8 Å². The zero-order chi connectivity index (χ0) is 21.7. The fraction of sp³-hybridized carbons (Fsp3) is 0.227. The molecule has 0 bridgehead atoms. The smallest absolute Gasteiger partial charge is 0.347 e. The Morgan fingerprint density at radius 3 is 2.53 bits per heavy atom. The summed E-state index contributed by atoms with van der Waals surface area (Å²) in [6.45, 7) is 3.30. The van der Waals surface area contributed by atoms with Crippen molar-refractivity contribution in [2.45, 2.75) is 26.5 Å². The second kappa shape index (κ2) is 9.21. The number of nitrogens with one attached hydrogen (secondary N) is 1. The Bertz CT molecular complexity index is 1120. The van der Waals surface area contributed by atoms with Crippen molar-refractivity contribution >= 4 is 28.3 Å². The molecule has 2 aromatic carbocycles. The minimum Gasteiger partial charge on any atom is -0.478 e. The van der Waals surface area contributed by atoms with Crippen LogP contribution in [-0.4, -0.2) is 29.2 Å². The second-order valence-electron chi connectivity index (χ2n) is 6.53. The third-order valence-corrected chi connectivity index (χ3v) is 4.34. The van der Waals surface area contributed by atoms with Crippen molar-refractivity contribution in [3.63, 3.8) is 0 Å². The number of amides is 1. The van der Waals surface area contributed by atoms with Crippen molar-refractivity contribution in [2.24, 2.45) is 0 Å². The molecule has 0 saturated heterocycles. The lowest BCUT2D eigenvalue weighted by molar-refractivity contribution is -0.150. The van der Waals surface area contributed by atoms with E-state index < -0.39 is 23.8 Å². The zero-order valence-electron chi connectivity index (χ0n) is 16.6. The number of pyridine rings is 1. The standard InChI is InChI=1S/C22H21FN2O5/c1-3-29-22(28)14(2)30-19-6-4-5-18-17(19)11-12-25(21(18)27)13-20(26)24-16-9-7-15(23)8-10-16/h4-12,14H,3,13H2,1-2H3,(H,24,26). The molecule has 156 valence electrons. The molecular formula is C22H21FN2O5. The molecule has 3 rings (SSSR count). The first kappa shape index (κ1) is 21.0. The monoisotopic (exact) mass is 412 g/mol. The molecule has 3 aromatic rings. The van der Waals surface area contributed by atoms with Crippen molar-refractivity contribution in [2.75, 3.05) is 11.9 Å². The first-order chi connectivity index (χ1) is 14.4. The number of fused-ring (bicyclic) bond motifs is 1. The van der Waals surface area contributed by atoms with Gasteiger partial charge in [0.1, 0.15) is 18.1 Å². The van der Waals surface area contributed by atoms with E-state index in [9.17, 15) is 18.8 Å². The minimum atomic E-state index is -0.834. The molecule has 0 radical (unpaired) electrons. The van der Waals surface area contributed by atoms with E-state index >= 15 is 0 Å². The third kappa shape index (κ3) is 4.83. The van der Waals surface area contributed by atoms with Crippen molar-refractivity contribution in [3.05, 3.63) is 70.9 Å². The molecule has 1 unspecified atom stereocenters. The van der Waals surface area contributed by atoms with Gasteiger partial charge in [0, 0.05) is 17.3 Å². The van der Waals surface area contributed by atoms with Gasteiger partial charge in [0.2, 0.25) is 5.91 Å². The van der Waals surface area contributed by atoms with E-state index in [0.29, 0.717) is 22.2 Å². The SMILES string of the molecule is CCOC(=O)C(C)Oc1cccc2c(=O)n(CC(=O)Nc3ccc(F)cc3)ccc12. The van der Waals surface area contributed by atoms with Crippen LogP contribution in [0.4, 0.5) is 10.1 Å². The van der Waals surface area contributed by atoms with E-state index in [1.54, 1.807) is 38.1 Å². The number of carbonyl (C=O) groups is 2. The number of hydrogen-bond acceptors (Lipinski definition) is 5. The van der Waals surface area contributed by atoms with Gasteiger partial charge in [-0.05, 0) is 56.3 Å². The van der Waals surface area contributed by atoms with Gasteiger partial charge in [0.15, 0.2) is 6.10 Å². The Balaban J connectivity index is 1.80. The summed E-state index contributed by atoms with van der Waals surface area (Å²) in [6, 6.07) is 11.9. The number of benzene rings is 2. The highest BCUT2D eigenvalue weighted by Crippen LogP contribution is 2.24. The first-order valence-corrected chi connectivity index (χ1v) is 9.40. The summed E-state index contributed by atoms with van der Waals surface area (Å²) >= 11 is 0. The fourth-order valence-electron chi connectivity index (χ4n) is 2.90. The lowest BCUT2D eigenvalue weighted by Gasteiger charge is -2.15. The Hall–Kier alpha value is -3.68. The molecule has 1 N–H and O–H groups in total. The molecule has 0 aliphatic heterocycles. The van der Waals surface area contributed by atoms with Crippen LogP contribution in [0, 0.1) is 5.82 Å². The van der Waals surface area contributed by atoms with Crippen LogP contribution in [0.5, 0.6) is 5.75 Å². The Morgan fingerprint density at radius 1 is 1.10 bits per heavy atom. The van der Waals surface area contributed by atoms with E-state index in [-0.39, 0.29) is 18.7 Å². The number of nitrogens with zero attached hydrogens (tertiary/aromatic N) is 1. The van der Waals surface area contributed by atoms with E-state index in [0.717, 1.165) is 0 Å². The lowest BCUT2D eigenvalue weighted by atomic mass is 10.1. The van der Waals surface area contributed by atoms with E-state index in [1.807, 2.05) is 0 Å². The zero-order valence-corrected chi connectivity index (χ0v) is 16.6. The highest BCUT2D eigenvalue weighted by Gasteiger charge is 2.18. The Labute approximate surface area is 172 Å². The molecule has 1 atom stereocenters. The number of ether oxygens (including phenoxy) is 2. The van der Waals surface area contributed by atoms with E-state index in [2.05, 4.69) is 5.32 Å². The molecule has 7 nitrogen and oxygen atoms in total. The van der Waals surface area contributed by atoms with Crippen LogP contribution >= 0.6 is 0 Å². The number of aromatic nitrogens is 1. The van der Waals surface area contributed by atoms with Crippen LogP contribution in [0.1, 0.15) is 13.8 Å². The van der Waals surface area contributed by atoms with Gasteiger partial charge in [-0.3, -0.25) is 9.59 Å². The summed E-state index contributed by atoms with van der Waals surface area (Å²) < 4.78 is 24.8. The van der Waals surface area contributed by atoms with Gasteiger partial charge >= 0.3 is 5.97 Å². The molecule has 1 amide bonds. The molecular weight excluding hydrogens is 391 g/mol. The molecule has 8 heteroatoms. The highest BCUT2D eigenvalue weighted by molar-refractivity contribution is 5.91. The maximum atomic E-state index is 13.0. The van der Waals surface area contributed by atoms with Gasteiger partial charge in [-0.15, -0.1) is 0 Å². The number of carbonyl (C=O) groups excluding carboxylic acids is 2. The normalized spacial score (nSPS) is 11.7. The molecule has 0 fully saturated rings. The predicted molar refractivity (Wildman–Crippen MR) is 110 cm³/mol. The Kier molecular flexibility index (Phi) is 6.46. The van der Waals surface area contributed by atoms with Crippen molar-refractivity contribution < 1.29 is 23.5 Å². The van der Waals surface area contributed by atoms with Crippen LogP contribution in [0.2, 0.25) is 0 Å². The maximum Gasteiger partial charge on any atom is 0.347 e. The summed E-state index contributed by atoms with van der Waals surface area (Å²) in [6.07, 6.45) is 0.649. The molecule has 1 aromatic heterocycles. The van der Waals surface area contributed by atoms with Crippen molar-refractivity contribution in [1.82, 2.24) is 4.57 Å². The summed E-state index contributed by atoms with van der Waals surface area (Å²) in [7, 11) is 0. The van der Waals surface area contributed by atoms with Crippen molar-refractivity contribution in [3.8, 4) is 5.75 Å². The average molecular weight is 412 g/mol. The van der Waals surface area contributed by atoms with Crippen LogP contribution in [-0.2, 0) is 20.9 Å². The molecule has 0 spiro atoms. The topological polar surface area (TPSA) is 86.6 Å². The van der Waals surface area contributed by atoms with E-state index in [4.69, 9.17) is 9.47 Å². The van der Waals surface area contributed by atoms with Gasteiger partial charge in [-0.1, -0.05) is 6.07 Å². The largest absolute Gasteiger partial charge is 0.478 e. The van der Waals surface area contributed by atoms with Crippen LogP contribution in [0.15, 0.2) is 59.5 Å². The average Bonchev–Trinajstić information content (AvgIpc) is 2.72. The molecule has 1 heterocycles. The number of rotatable bonds is 7. The quantitative estimate of drug-likeness (QED) is 0.603. The van der Waals surface area contributed by atoms with Gasteiger partial charge in [-0.25, -0.2) is 9.18 Å². The lowest BCUT2D eigenvalue weighted by Crippen LogP contribution is -2.28. The fourth-order valence-corrected chi connectivity index (χ4v) is 2.90. The van der Waals surface area contributed by atoms with Crippen LogP contribution < -0.4 is 15.6 Å². The van der Waals surface area contributed by atoms with Gasteiger partial charge in [0.05, 0.1) is 12.0 Å². The van der Waals surface area contributed by atoms with Gasteiger partial charge in [-0.2, -0.15) is 0 Å². The second-order valence-corrected chi connectivity index (χ2v) is 6.53.